The molecule has 140 valence electrons. The van der Waals surface area contributed by atoms with Crippen LogP contribution >= 0.6 is 0 Å². The van der Waals surface area contributed by atoms with Crippen LogP contribution in [0.5, 0.6) is 5.75 Å². The number of likely N-dealkylation sites (tertiary alicyclic amines) is 1. The average molecular weight is 363 g/mol. The zero-order valence-corrected chi connectivity index (χ0v) is 15.6. The van der Waals surface area contributed by atoms with E-state index >= 15 is 0 Å². The van der Waals surface area contributed by atoms with Crippen molar-refractivity contribution in [2.45, 2.75) is 30.8 Å². The molecule has 4 saturated heterocycles. The molecule has 0 unspecified atom stereocenters. The maximum atomic E-state index is 13.3. The molecule has 4 aliphatic heterocycles. The number of hydrogen-bond donors (Lipinski definition) is 0. The highest BCUT2D eigenvalue weighted by atomic mass is 16.5. The van der Waals surface area contributed by atoms with Crippen LogP contribution in [0.15, 0.2) is 48.8 Å². The van der Waals surface area contributed by atoms with Crippen LogP contribution < -0.4 is 4.74 Å². The Hall–Kier alpha value is -2.40. The molecule has 0 saturated carbocycles. The standard InChI is InChI=1S/C22H25N3O2/c1-27-18-4-2-3-17(13-18)19-14-25(22(26)16-5-9-23-10-6-16)20-15-7-11-24(12-8-15)21(19)20/h2-6,9-10,13,15,19-21H,7-8,11-12,14H2,1H3/t19-,20-,21-/m0/s1. The molecule has 27 heavy (non-hydrogen) atoms. The Kier molecular flexibility index (Phi) is 4.12. The zero-order valence-electron chi connectivity index (χ0n) is 15.6. The maximum Gasteiger partial charge on any atom is 0.254 e. The summed E-state index contributed by atoms with van der Waals surface area (Å²) in [6, 6.07) is 12.8. The molecule has 5 heterocycles. The molecule has 0 radical (unpaired) electrons. The van der Waals surface area contributed by atoms with Crippen molar-refractivity contribution < 1.29 is 9.53 Å². The molecule has 1 aromatic carbocycles. The lowest BCUT2D eigenvalue weighted by Gasteiger charge is -2.51. The normalized spacial score (nSPS) is 31.6. The number of methoxy groups -OCH3 is 1. The number of rotatable bonds is 3. The molecule has 0 N–H and O–H groups in total. The van der Waals surface area contributed by atoms with Gasteiger partial charge in [0.15, 0.2) is 0 Å². The van der Waals surface area contributed by atoms with E-state index in [9.17, 15) is 4.79 Å². The first-order valence-electron chi connectivity index (χ1n) is 9.85. The number of pyridine rings is 1. The van der Waals surface area contributed by atoms with Crippen molar-refractivity contribution in [3.63, 3.8) is 0 Å². The molecule has 5 heteroatoms. The number of aromatic nitrogens is 1. The van der Waals surface area contributed by atoms with Gasteiger partial charge in [-0.1, -0.05) is 12.1 Å². The van der Waals surface area contributed by atoms with Crippen molar-refractivity contribution in [1.29, 1.82) is 0 Å². The zero-order chi connectivity index (χ0) is 18.4. The van der Waals surface area contributed by atoms with Gasteiger partial charge in [-0.05, 0) is 61.7 Å². The summed E-state index contributed by atoms with van der Waals surface area (Å²) in [5, 5.41) is 0. The third-order valence-electron chi connectivity index (χ3n) is 6.70. The van der Waals surface area contributed by atoms with E-state index in [0.29, 0.717) is 23.9 Å². The van der Waals surface area contributed by atoms with Gasteiger partial charge < -0.3 is 9.64 Å². The van der Waals surface area contributed by atoms with Crippen LogP contribution in [0.4, 0.5) is 0 Å². The Morgan fingerprint density at radius 1 is 1.11 bits per heavy atom. The molecular formula is C22H25N3O2. The summed E-state index contributed by atoms with van der Waals surface area (Å²) in [4.78, 5) is 22.2. The molecule has 4 aliphatic rings. The maximum absolute atomic E-state index is 13.3. The summed E-state index contributed by atoms with van der Waals surface area (Å²) in [5.41, 5.74) is 2.02. The topological polar surface area (TPSA) is 45.7 Å². The molecule has 0 aliphatic carbocycles. The van der Waals surface area contributed by atoms with Crippen molar-refractivity contribution in [2.75, 3.05) is 26.7 Å². The lowest BCUT2D eigenvalue weighted by molar-refractivity contribution is -0.00341. The Bertz CT molecular complexity index is 832. The van der Waals surface area contributed by atoms with E-state index in [1.54, 1.807) is 19.5 Å². The minimum atomic E-state index is 0.145. The minimum absolute atomic E-state index is 0.145. The number of benzene rings is 1. The number of piperidine rings is 3. The SMILES string of the molecule is COc1cccc([C@@H]2CN(C(=O)c3ccncc3)[C@H]3C4CCN(CC4)[C@@H]23)c1. The van der Waals surface area contributed by atoms with Crippen LogP contribution in [0.2, 0.25) is 0 Å². The van der Waals surface area contributed by atoms with Crippen molar-refractivity contribution >= 4 is 5.91 Å². The van der Waals surface area contributed by atoms with Gasteiger partial charge in [-0.3, -0.25) is 14.7 Å². The second-order valence-corrected chi connectivity index (χ2v) is 7.93. The Balaban J connectivity index is 1.53. The van der Waals surface area contributed by atoms with Crippen LogP contribution in [-0.2, 0) is 0 Å². The molecule has 3 atom stereocenters. The van der Waals surface area contributed by atoms with Gasteiger partial charge in [0, 0.05) is 36.5 Å². The highest BCUT2D eigenvalue weighted by Crippen LogP contribution is 2.47. The number of amides is 1. The van der Waals surface area contributed by atoms with E-state index in [1.165, 1.54) is 18.4 Å². The van der Waals surface area contributed by atoms with Gasteiger partial charge in [0.2, 0.25) is 0 Å². The Labute approximate surface area is 159 Å². The molecular weight excluding hydrogens is 338 g/mol. The van der Waals surface area contributed by atoms with E-state index < -0.39 is 0 Å². The lowest BCUT2D eigenvalue weighted by atomic mass is 9.75. The van der Waals surface area contributed by atoms with E-state index in [1.807, 2.05) is 18.2 Å². The molecule has 6 rings (SSSR count). The van der Waals surface area contributed by atoms with Crippen molar-refractivity contribution in [3.05, 3.63) is 59.9 Å². The quantitative estimate of drug-likeness (QED) is 0.841. The number of carbonyl (C=O) groups excluding carboxylic acids is 1. The molecule has 2 bridgehead atoms. The van der Waals surface area contributed by atoms with Gasteiger partial charge in [0.25, 0.3) is 5.91 Å². The number of fused-ring (bicyclic) bond motifs is 2. The number of nitrogens with zero attached hydrogens (tertiary/aromatic N) is 3. The fourth-order valence-corrected chi connectivity index (χ4v) is 5.48. The molecule has 1 aromatic heterocycles. The predicted molar refractivity (Wildman–Crippen MR) is 103 cm³/mol. The van der Waals surface area contributed by atoms with Crippen molar-refractivity contribution in [2.24, 2.45) is 5.92 Å². The fourth-order valence-electron chi connectivity index (χ4n) is 5.48. The van der Waals surface area contributed by atoms with Gasteiger partial charge in [0.1, 0.15) is 5.75 Å². The van der Waals surface area contributed by atoms with E-state index in [-0.39, 0.29) is 5.91 Å². The third kappa shape index (κ3) is 2.72. The first-order valence-corrected chi connectivity index (χ1v) is 9.85. The molecule has 0 spiro atoms. The van der Waals surface area contributed by atoms with E-state index in [0.717, 1.165) is 30.9 Å². The average Bonchev–Trinajstić information content (AvgIpc) is 3.18. The van der Waals surface area contributed by atoms with Crippen molar-refractivity contribution in [1.82, 2.24) is 14.8 Å². The predicted octanol–water partition coefficient (Wildman–Crippen LogP) is 2.79. The summed E-state index contributed by atoms with van der Waals surface area (Å²) in [6.07, 6.45) is 5.81. The largest absolute Gasteiger partial charge is 0.497 e. The highest BCUT2D eigenvalue weighted by molar-refractivity contribution is 5.94. The summed E-state index contributed by atoms with van der Waals surface area (Å²) < 4.78 is 5.45. The molecule has 1 amide bonds. The van der Waals surface area contributed by atoms with Crippen LogP contribution in [0, 0.1) is 5.92 Å². The van der Waals surface area contributed by atoms with Gasteiger partial charge in [-0.25, -0.2) is 0 Å². The molecule has 5 nitrogen and oxygen atoms in total. The Morgan fingerprint density at radius 2 is 1.89 bits per heavy atom. The third-order valence-corrected chi connectivity index (χ3v) is 6.70. The van der Waals surface area contributed by atoms with Crippen LogP contribution in [0.25, 0.3) is 0 Å². The van der Waals surface area contributed by atoms with Gasteiger partial charge in [-0.2, -0.15) is 0 Å². The summed E-state index contributed by atoms with van der Waals surface area (Å²) in [7, 11) is 1.71. The van der Waals surface area contributed by atoms with Crippen molar-refractivity contribution in [3.8, 4) is 5.75 Å². The lowest BCUT2D eigenvalue weighted by Crippen LogP contribution is -2.60. The van der Waals surface area contributed by atoms with Crippen LogP contribution in [0.1, 0.15) is 34.7 Å². The highest BCUT2D eigenvalue weighted by Gasteiger charge is 2.54. The summed E-state index contributed by atoms with van der Waals surface area (Å²) >= 11 is 0. The fraction of sp³-hybridized carbons (Fsp3) is 0.455. The minimum Gasteiger partial charge on any atom is -0.497 e. The van der Waals surface area contributed by atoms with E-state index in [2.05, 4.69) is 33.0 Å². The first kappa shape index (κ1) is 16.8. The van der Waals surface area contributed by atoms with Gasteiger partial charge >= 0.3 is 0 Å². The van der Waals surface area contributed by atoms with Gasteiger partial charge in [-0.15, -0.1) is 0 Å². The number of carbonyl (C=O) groups is 1. The number of ether oxygens (including phenoxy) is 1. The summed E-state index contributed by atoms with van der Waals surface area (Å²) in [5.74, 6) is 1.98. The molecule has 4 fully saturated rings. The first-order chi connectivity index (χ1) is 13.3. The molecule has 2 aromatic rings. The van der Waals surface area contributed by atoms with Crippen LogP contribution in [-0.4, -0.2) is 59.5 Å². The van der Waals surface area contributed by atoms with Gasteiger partial charge in [0.05, 0.1) is 13.2 Å². The smallest absolute Gasteiger partial charge is 0.254 e. The monoisotopic (exact) mass is 363 g/mol. The van der Waals surface area contributed by atoms with Crippen LogP contribution in [0.3, 0.4) is 0 Å². The Morgan fingerprint density at radius 3 is 2.63 bits per heavy atom. The second-order valence-electron chi connectivity index (χ2n) is 7.93. The van der Waals surface area contributed by atoms with E-state index in [4.69, 9.17) is 4.74 Å². The summed E-state index contributed by atoms with van der Waals surface area (Å²) in [6.45, 7) is 3.09. The second kappa shape index (κ2) is 6.64. The number of hydrogen-bond acceptors (Lipinski definition) is 4.